The van der Waals surface area contributed by atoms with Crippen LogP contribution in [0.3, 0.4) is 0 Å². The second-order valence-corrected chi connectivity index (χ2v) is 5.17. The number of likely N-dealkylation sites (N-methyl/N-ethyl adjacent to an activating group) is 1. The zero-order chi connectivity index (χ0) is 12.8. The molecule has 0 bridgehead atoms. The third-order valence-corrected chi connectivity index (χ3v) is 1.97. The van der Waals surface area contributed by atoms with Crippen molar-refractivity contribution in [2.45, 2.75) is 53.2 Å². The highest BCUT2D eigenvalue weighted by Crippen LogP contribution is 2.09. The van der Waals surface area contributed by atoms with Gasteiger partial charge in [0.2, 0.25) is 0 Å². The quantitative estimate of drug-likeness (QED) is 0.787. The molecule has 0 heterocycles. The summed E-state index contributed by atoms with van der Waals surface area (Å²) in [5.41, 5.74) is -0.421. The maximum Gasteiger partial charge on any atom is 0.410 e. The monoisotopic (exact) mass is 230 g/mol. The fourth-order valence-electron chi connectivity index (χ4n) is 1.19. The fraction of sp³-hybridized carbons (Fsp3) is 0.917. The second-order valence-electron chi connectivity index (χ2n) is 5.17. The summed E-state index contributed by atoms with van der Waals surface area (Å²) >= 11 is 0. The molecular formula is C12H26N2O2. The van der Waals surface area contributed by atoms with Crippen LogP contribution in [0.25, 0.3) is 0 Å². The van der Waals surface area contributed by atoms with Gasteiger partial charge in [0, 0.05) is 25.7 Å². The minimum absolute atomic E-state index is 0.236. The minimum atomic E-state index is -0.421. The molecular weight excluding hydrogens is 204 g/mol. The lowest BCUT2D eigenvalue weighted by molar-refractivity contribution is 0.0261. The van der Waals surface area contributed by atoms with Gasteiger partial charge in [-0.15, -0.1) is 0 Å². The molecule has 4 heteroatoms. The van der Waals surface area contributed by atoms with E-state index in [2.05, 4.69) is 19.2 Å². The van der Waals surface area contributed by atoms with E-state index in [0.29, 0.717) is 19.1 Å². The lowest BCUT2D eigenvalue weighted by Crippen LogP contribution is -2.41. The number of carbonyl (C=O) groups excluding carboxylic acids is 1. The third kappa shape index (κ3) is 7.51. The first-order valence-corrected chi connectivity index (χ1v) is 5.97. The Bertz CT molecular complexity index is 210. The maximum atomic E-state index is 11.7. The summed E-state index contributed by atoms with van der Waals surface area (Å²) in [6.45, 7) is 13.9. The van der Waals surface area contributed by atoms with Crippen molar-refractivity contribution in [2.24, 2.45) is 0 Å². The SMILES string of the molecule is CCN(CCNC(C)C)C(=O)OC(C)(C)C. The fourth-order valence-corrected chi connectivity index (χ4v) is 1.19. The van der Waals surface area contributed by atoms with E-state index in [1.807, 2.05) is 27.7 Å². The predicted molar refractivity (Wildman–Crippen MR) is 66.6 cm³/mol. The topological polar surface area (TPSA) is 41.6 Å². The molecule has 0 spiro atoms. The van der Waals surface area contributed by atoms with E-state index in [-0.39, 0.29) is 6.09 Å². The van der Waals surface area contributed by atoms with Crippen LogP contribution in [0.5, 0.6) is 0 Å². The van der Waals surface area contributed by atoms with Crippen molar-refractivity contribution in [3.05, 3.63) is 0 Å². The Balaban J connectivity index is 4.02. The second kappa shape index (κ2) is 6.74. The Hall–Kier alpha value is -0.770. The van der Waals surface area contributed by atoms with Crippen LogP contribution in [-0.2, 0) is 4.74 Å². The van der Waals surface area contributed by atoms with Gasteiger partial charge in [-0.05, 0) is 27.7 Å². The van der Waals surface area contributed by atoms with E-state index in [0.717, 1.165) is 6.54 Å². The Morgan fingerprint density at radius 2 is 1.94 bits per heavy atom. The summed E-state index contributed by atoms with van der Waals surface area (Å²) in [5, 5.41) is 3.28. The normalized spacial score (nSPS) is 11.7. The van der Waals surface area contributed by atoms with Gasteiger partial charge in [0.25, 0.3) is 0 Å². The molecule has 0 fully saturated rings. The van der Waals surface area contributed by atoms with Crippen LogP contribution in [0.2, 0.25) is 0 Å². The predicted octanol–water partition coefficient (Wildman–Crippen LogP) is 2.24. The van der Waals surface area contributed by atoms with Gasteiger partial charge in [0.1, 0.15) is 5.60 Å². The first-order valence-electron chi connectivity index (χ1n) is 5.97. The molecule has 0 saturated carbocycles. The first kappa shape index (κ1) is 15.2. The standard InChI is InChI=1S/C12H26N2O2/c1-7-14(9-8-13-10(2)3)11(15)16-12(4,5)6/h10,13H,7-9H2,1-6H3. The van der Waals surface area contributed by atoms with Crippen molar-refractivity contribution in [3.8, 4) is 0 Å². The molecule has 0 atom stereocenters. The van der Waals surface area contributed by atoms with Gasteiger partial charge in [0.05, 0.1) is 0 Å². The summed E-state index contributed by atoms with van der Waals surface area (Å²) in [6, 6.07) is 0.442. The van der Waals surface area contributed by atoms with Crippen molar-refractivity contribution in [2.75, 3.05) is 19.6 Å². The van der Waals surface area contributed by atoms with Crippen LogP contribution in [0.15, 0.2) is 0 Å². The molecule has 0 aliphatic heterocycles. The molecule has 0 saturated heterocycles. The average Bonchev–Trinajstić information content (AvgIpc) is 2.08. The van der Waals surface area contributed by atoms with Gasteiger partial charge in [-0.25, -0.2) is 4.79 Å². The van der Waals surface area contributed by atoms with Crippen molar-refractivity contribution < 1.29 is 9.53 Å². The molecule has 4 nitrogen and oxygen atoms in total. The summed E-state index contributed by atoms with van der Waals surface area (Å²) in [4.78, 5) is 13.5. The highest BCUT2D eigenvalue weighted by molar-refractivity contribution is 5.68. The van der Waals surface area contributed by atoms with E-state index in [4.69, 9.17) is 4.74 Å². The number of ether oxygens (including phenoxy) is 1. The van der Waals surface area contributed by atoms with Crippen molar-refractivity contribution >= 4 is 6.09 Å². The Morgan fingerprint density at radius 1 is 1.38 bits per heavy atom. The number of nitrogens with zero attached hydrogens (tertiary/aromatic N) is 1. The molecule has 1 amide bonds. The first-order chi connectivity index (χ1) is 7.26. The molecule has 0 aliphatic carbocycles. The summed E-state index contributed by atoms with van der Waals surface area (Å²) in [7, 11) is 0. The third-order valence-electron chi connectivity index (χ3n) is 1.97. The highest BCUT2D eigenvalue weighted by Gasteiger charge is 2.20. The van der Waals surface area contributed by atoms with Gasteiger partial charge in [-0.1, -0.05) is 13.8 Å². The summed E-state index contributed by atoms with van der Waals surface area (Å²) in [5.74, 6) is 0. The molecule has 0 rings (SSSR count). The van der Waals surface area contributed by atoms with Crippen LogP contribution in [0, 0.1) is 0 Å². The van der Waals surface area contributed by atoms with Gasteiger partial charge < -0.3 is 15.0 Å². The van der Waals surface area contributed by atoms with Crippen LogP contribution in [0.1, 0.15) is 41.5 Å². The maximum absolute atomic E-state index is 11.7. The molecule has 96 valence electrons. The van der Waals surface area contributed by atoms with Crippen LogP contribution >= 0.6 is 0 Å². The van der Waals surface area contributed by atoms with Crippen molar-refractivity contribution in [3.63, 3.8) is 0 Å². The average molecular weight is 230 g/mol. The molecule has 0 aromatic heterocycles. The lowest BCUT2D eigenvalue weighted by atomic mass is 10.2. The Kier molecular flexibility index (Phi) is 6.41. The van der Waals surface area contributed by atoms with Crippen LogP contribution in [0.4, 0.5) is 4.79 Å². The molecule has 0 aromatic rings. The number of hydrogen-bond donors (Lipinski definition) is 1. The van der Waals surface area contributed by atoms with Crippen molar-refractivity contribution in [1.82, 2.24) is 10.2 Å². The molecule has 0 aliphatic rings. The van der Waals surface area contributed by atoms with E-state index < -0.39 is 5.60 Å². The van der Waals surface area contributed by atoms with Crippen LogP contribution in [-0.4, -0.2) is 42.3 Å². The van der Waals surface area contributed by atoms with Gasteiger partial charge >= 0.3 is 6.09 Å². The largest absolute Gasteiger partial charge is 0.444 e. The Morgan fingerprint density at radius 3 is 2.31 bits per heavy atom. The smallest absolute Gasteiger partial charge is 0.410 e. The number of carbonyl (C=O) groups is 1. The lowest BCUT2D eigenvalue weighted by Gasteiger charge is -2.26. The van der Waals surface area contributed by atoms with E-state index in [1.54, 1.807) is 4.90 Å². The molecule has 1 N–H and O–H groups in total. The number of amides is 1. The number of nitrogens with one attached hydrogen (secondary N) is 1. The van der Waals surface area contributed by atoms with Gasteiger partial charge in [-0.2, -0.15) is 0 Å². The Labute approximate surface area is 99.3 Å². The van der Waals surface area contributed by atoms with Gasteiger partial charge in [-0.3, -0.25) is 0 Å². The minimum Gasteiger partial charge on any atom is -0.444 e. The van der Waals surface area contributed by atoms with Crippen molar-refractivity contribution in [1.29, 1.82) is 0 Å². The van der Waals surface area contributed by atoms with E-state index >= 15 is 0 Å². The summed E-state index contributed by atoms with van der Waals surface area (Å²) in [6.07, 6.45) is -0.236. The summed E-state index contributed by atoms with van der Waals surface area (Å²) < 4.78 is 5.31. The number of hydrogen-bond acceptors (Lipinski definition) is 3. The molecule has 0 aromatic carbocycles. The zero-order valence-corrected chi connectivity index (χ0v) is 11.5. The molecule has 16 heavy (non-hydrogen) atoms. The zero-order valence-electron chi connectivity index (χ0n) is 11.5. The molecule has 0 unspecified atom stereocenters. The number of rotatable bonds is 5. The van der Waals surface area contributed by atoms with Crippen LogP contribution < -0.4 is 5.32 Å². The molecule has 0 radical (unpaired) electrons. The van der Waals surface area contributed by atoms with E-state index in [1.165, 1.54) is 0 Å². The highest BCUT2D eigenvalue weighted by atomic mass is 16.6. The van der Waals surface area contributed by atoms with Gasteiger partial charge in [0.15, 0.2) is 0 Å². The van der Waals surface area contributed by atoms with E-state index in [9.17, 15) is 4.79 Å².